The molecule has 0 amide bonds. The van der Waals surface area contributed by atoms with E-state index in [1.54, 1.807) is 12.1 Å². The lowest BCUT2D eigenvalue weighted by molar-refractivity contribution is 0.825. The molecule has 0 aromatic heterocycles. The summed E-state index contributed by atoms with van der Waals surface area (Å²) >= 11 is 0. The third-order valence-electron chi connectivity index (χ3n) is 2.77. The molecule has 0 spiro atoms. The Morgan fingerprint density at radius 1 is 1.06 bits per heavy atom. The van der Waals surface area contributed by atoms with Gasteiger partial charge in [-0.05, 0) is 30.2 Å². The van der Waals surface area contributed by atoms with Crippen molar-refractivity contribution in [3.05, 3.63) is 71.3 Å². The van der Waals surface area contributed by atoms with E-state index in [1.165, 1.54) is 5.56 Å². The van der Waals surface area contributed by atoms with Crippen molar-refractivity contribution < 1.29 is 0 Å². The molecule has 0 saturated heterocycles. The number of rotatable bonds is 3. The van der Waals surface area contributed by atoms with Crippen LogP contribution in [0.4, 0.5) is 0 Å². The number of nitrogens with zero attached hydrogens (tertiary/aromatic N) is 2. The van der Waals surface area contributed by atoms with Gasteiger partial charge in [-0.3, -0.25) is 4.99 Å². The van der Waals surface area contributed by atoms with Gasteiger partial charge in [-0.15, -0.1) is 0 Å². The molecule has 0 aliphatic heterocycles. The van der Waals surface area contributed by atoms with Crippen molar-refractivity contribution in [2.45, 2.75) is 13.0 Å². The molecule has 0 bridgehead atoms. The molecule has 0 aliphatic rings. The molecule has 0 fully saturated rings. The van der Waals surface area contributed by atoms with E-state index in [-0.39, 0.29) is 6.04 Å². The van der Waals surface area contributed by atoms with Gasteiger partial charge in [0.25, 0.3) is 0 Å². The van der Waals surface area contributed by atoms with Crippen LogP contribution >= 0.6 is 0 Å². The van der Waals surface area contributed by atoms with Gasteiger partial charge in [0, 0.05) is 6.21 Å². The first kappa shape index (κ1) is 12.1. The highest BCUT2D eigenvalue weighted by molar-refractivity contribution is 5.79. The quantitative estimate of drug-likeness (QED) is 0.745. The van der Waals surface area contributed by atoms with Gasteiger partial charge >= 0.3 is 0 Å². The fourth-order valence-electron chi connectivity index (χ4n) is 1.66. The summed E-state index contributed by atoms with van der Waals surface area (Å²) in [6.07, 6.45) is 1.85. The number of hydrogen-bond donors (Lipinski definition) is 0. The van der Waals surface area contributed by atoms with Crippen LogP contribution in [-0.2, 0) is 0 Å². The van der Waals surface area contributed by atoms with Crippen molar-refractivity contribution in [3.63, 3.8) is 0 Å². The van der Waals surface area contributed by atoms with Crippen molar-refractivity contribution in [1.29, 1.82) is 5.26 Å². The van der Waals surface area contributed by atoms with Gasteiger partial charge < -0.3 is 0 Å². The van der Waals surface area contributed by atoms with Gasteiger partial charge in [-0.1, -0.05) is 42.5 Å². The summed E-state index contributed by atoms with van der Waals surface area (Å²) in [7, 11) is 0. The smallest absolute Gasteiger partial charge is 0.0991 e. The lowest BCUT2D eigenvalue weighted by Gasteiger charge is -2.05. The average molecular weight is 234 g/mol. The molecule has 0 saturated carbocycles. The number of benzene rings is 2. The lowest BCUT2D eigenvalue weighted by Crippen LogP contribution is -1.90. The predicted octanol–water partition coefficient (Wildman–Crippen LogP) is 3.74. The van der Waals surface area contributed by atoms with Crippen molar-refractivity contribution in [2.24, 2.45) is 4.99 Å². The third kappa shape index (κ3) is 3.05. The van der Waals surface area contributed by atoms with Gasteiger partial charge in [-0.2, -0.15) is 5.26 Å². The van der Waals surface area contributed by atoms with E-state index in [1.807, 2.05) is 36.5 Å². The van der Waals surface area contributed by atoms with Crippen LogP contribution in [0.1, 0.15) is 29.7 Å². The molecule has 1 unspecified atom stereocenters. The molecule has 2 rings (SSSR count). The molecule has 2 nitrogen and oxygen atoms in total. The molecule has 0 aliphatic carbocycles. The van der Waals surface area contributed by atoms with Gasteiger partial charge in [0.15, 0.2) is 0 Å². The zero-order valence-corrected chi connectivity index (χ0v) is 10.2. The normalized spacial score (nSPS) is 12.2. The number of hydrogen-bond acceptors (Lipinski definition) is 2. The van der Waals surface area contributed by atoms with E-state index in [9.17, 15) is 0 Å². The van der Waals surface area contributed by atoms with E-state index in [2.05, 4.69) is 30.1 Å². The Kier molecular flexibility index (Phi) is 3.88. The fourth-order valence-corrected chi connectivity index (χ4v) is 1.66. The summed E-state index contributed by atoms with van der Waals surface area (Å²) in [5, 5.41) is 8.71. The Balaban J connectivity index is 2.09. The van der Waals surface area contributed by atoms with Gasteiger partial charge in [-0.25, -0.2) is 0 Å². The van der Waals surface area contributed by atoms with Crippen molar-refractivity contribution >= 4 is 6.21 Å². The summed E-state index contributed by atoms with van der Waals surface area (Å²) in [4.78, 5) is 4.51. The highest BCUT2D eigenvalue weighted by Crippen LogP contribution is 2.15. The Hall–Kier alpha value is -2.40. The molecule has 2 aromatic rings. The minimum Gasteiger partial charge on any atom is -0.285 e. The molecular weight excluding hydrogens is 220 g/mol. The fraction of sp³-hybridized carbons (Fsp3) is 0.125. The number of aliphatic imine (C=N–C) groups is 1. The molecule has 0 radical (unpaired) electrons. The maximum atomic E-state index is 8.71. The van der Waals surface area contributed by atoms with Crippen LogP contribution < -0.4 is 0 Å². The topological polar surface area (TPSA) is 36.1 Å². The molecular formula is C16H14N2. The van der Waals surface area contributed by atoms with Gasteiger partial charge in [0.1, 0.15) is 0 Å². The second-order valence-corrected chi connectivity index (χ2v) is 4.10. The van der Waals surface area contributed by atoms with E-state index in [0.717, 1.165) is 5.56 Å². The Morgan fingerprint density at radius 3 is 2.33 bits per heavy atom. The van der Waals surface area contributed by atoms with Crippen LogP contribution in [0.15, 0.2) is 59.6 Å². The average Bonchev–Trinajstić information content (AvgIpc) is 2.46. The molecule has 0 N–H and O–H groups in total. The Bertz CT molecular complexity index is 562. The van der Waals surface area contributed by atoms with Crippen LogP contribution in [0.2, 0.25) is 0 Å². The third-order valence-corrected chi connectivity index (χ3v) is 2.77. The second kappa shape index (κ2) is 5.79. The van der Waals surface area contributed by atoms with Crippen molar-refractivity contribution in [3.8, 4) is 6.07 Å². The highest BCUT2D eigenvalue weighted by Gasteiger charge is 2.00. The van der Waals surface area contributed by atoms with Crippen LogP contribution in [0, 0.1) is 11.3 Å². The number of nitriles is 1. The molecule has 18 heavy (non-hydrogen) atoms. The Labute approximate surface area is 107 Å². The van der Waals surface area contributed by atoms with E-state index in [0.29, 0.717) is 5.56 Å². The van der Waals surface area contributed by atoms with Crippen molar-refractivity contribution in [2.75, 3.05) is 0 Å². The van der Waals surface area contributed by atoms with E-state index >= 15 is 0 Å². The largest absolute Gasteiger partial charge is 0.285 e. The van der Waals surface area contributed by atoms with E-state index < -0.39 is 0 Å². The monoisotopic (exact) mass is 234 g/mol. The first-order valence-corrected chi connectivity index (χ1v) is 5.88. The van der Waals surface area contributed by atoms with Crippen LogP contribution in [0.25, 0.3) is 0 Å². The zero-order chi connectivity index (χ0) is 12.8. The van der Waals surface area contributed by atoms with Crippen LogP contribution in [0.3, 0.4) is 0 Å². The second-order valence-electron chi connectivity index (χ2n) is 4.10. The summed E-state index contributed by atoms with van der Waals surface area (Å²) in [6, 6.07) is 19.8. The molecule has 2 aromatic carbocycles. The maximum Gasteiger partial charge on any atom is 0.0991 e. The molecule has 88 valence electrons. The first-order chi connectivity index (χ1) is 8.79. The summed E-state index contributed by atoms with van der Waals surface area (Å²) in [5.41, 5.74) is 2.88. The Morgan fingerprint density at radius 2 is 1.72 bits per heavy atom. The van der Waals surface area contributed by atoms with Crippen LogP contribution in [0.5, 0.6) is 0 Å². The van der Waals surface area contributed by atoms with Crippen molar-refractivity contribution in [1.82, 2.24) is 0 Å². The SMILES string of the molecule is CC(N=Cc1ccc(C#N)cc1)c1ccccc1. The molecule has 2 heteroatoms. The first-order valence-electron chi connectivity index (χ1n) is 5.88. The van der Waals surface area contributed by atoms with Gasteiger partial charge in [0.05, 0.1) is 17.7 Å². The highest BCUT2D eigenvalue weighted by atomic mass is 14.8. The zero-order valence-electron chi connectivity index (χ0n) is 10.2. The summed E-state index contributed by atoms with van der Waals surface area (Å²) < 4.78 is 0. The van der Waals surface area contributed by atoms with Crippen LogP contribution in [-0.4, -0.2) is 6.21 Å². The molecule has 0 heterocycles. The standard InChI is InChI=1S/C16H14N2/c1-13(16-5-3-2-4-6-16)18-12-15-9-7-14(11-17)8-10-15/h2-10,12-13H,1H3. The van der Waals surface area contributed by atoms with Gasteiger partial charge in [0.2, 0.25) is 0 Å². The summed E-state index contributed by atoms with van der Waals surface area (Å²) in [6.45, 7) is 2.06. The minimum atomic E-state index is 0.141. The maximum absolute atomic E-state index is 8.71. The summed E-state index contributed by atoms with van der Waals surface area (Å²) in [5.74, 6) is 0. The molecule has 1 atom stereocenters. The predicted molar refractivity (Wildman–Crippen MR) is 73.6 cm³/mol. The van der Waals surface area contributed by atoms with E-state index in [4.69, 9.17) is 5.26 Å². The lowest BCUT2D eigenvalue weighted by atomic mass is 10.1. The minimum absolute atomic E-state index is 0.141.